The van der Waals surface area contributed by atoms with Gasteiger partial charge in [0.25, 0.3) is 0 Å². The lowest BCUT2D eigenvalue weighted by Crippen LogP contribution is -2.23. The van der Waals surface area contributed by atoms with Gasteiger partial charge in [-0.1, -0.05) is 99.0 Å². The van der Waals surface area contributed by atoms with Crippen LogP contribution in [-0.2, 0) is 4.74 Å². The highest BCUT2D eigenvalue weighted by Gasteiger charge is 2.17. The van der Waals surface area contributed by atoms with Gasteiger partial charge in [-0.15, -0.1) is 0 Å². The first-order valence-corrected chi connectivity index (χ1v) is 15.5. The Bertz CT molecular complexity index is 768. The summed E-state index contributed by atoms with van der Waals surface area (Å²) in [6.07, 6.45) is 15.3. The lowest BCUT2D eigenvalue weighted by atomic mass is 9.87. The van der Waals surface area contributed by atoms with E-state index in [4.69, 9.17) is 4.74 Å². The standard InChI is InChI=1S/C26H46N2O2.C4H8.C4H10/c1-10-13-21(18-30-26(7,8)9)14-11-12-15-24(29)23-17-27-22(20(3)28-23)16-19(2)25(4,5)6;1-4-2-3-4;1-3-4-2/h16-17,21,24,29H,10-15,18H2,1-9H3;4H,2-3H2,1H3;3-4H2,1-2H3/b19-16+;;. The zero-order valence-corrected chi connectivity index (χ0v) is 27.4. The third-order valence-corrected chi connectivity index (χ3v) is 7.04. The summed E-state index contributed by atoms with van der Waals surface area (Å²) < 4.78 is 5.99. The Balaban J connectivity index is 0.00000146. The predicted molar refractivity (Wildman–Crippen MR) is 166 cm³/mol. The van der Waals surface area contributed by atoms with E-state index in [9.17, 15) is 5.11 Å². The molecule has 38 heavy (non-hydrogen) atoms. The van der Waals surface area contributed by atoms with Crippen LogP contribution in [0.5, 0.6) is 0 Å². The van der Waals surface area contributed by atoms with E-state index in [1.807, 2.05) is 6.92 Å². The molecule has 1 aliphatic rings. The van der Waals surface area contributed by atoms with Gasteiger partial charge in [0.15, 0.2) is 0 Å². The van der Waals surface area contributed by atoms with Crippen molar-refractivity contribution in [2.75, 3.05) is 6.61 Å². The van der Waals surface area contributed by atoms with Crippen LogP contribution in [0.2, 0.25) is 0 Å². The Labute approximate surface area is 237 Å². The molecule has 2 unspecified atom stereocenters. The fourth-order valence-corrected chi connectivity index (χ4v) is 3.41. The first-order chi connectivity index (χ1) is 17.6. The molecule has 4 heteroatoms. The molecular weight excluding hydrogens is 468 g/mol. The van der Waals surface area contributed by atoms with E-state index in [0.717, 1.165) is 49.6 Å². The summed E-state index contributed by atoms with van der Waals surface area (Å²) in [5.74, 6) is 1.69. The molecule has 0 saturated heterocycles. The summed E-state index contributed by atoms with van der Waals surface area (Å²) in [6.45, 7) is 26.7. The average molecular weight is 533 g/mol. The second-order valence-corrected chi connectivity index (χ2v) is 13.4. The first kappa shape index (κ1) is 36.7. The largest absolute Gasteiger partial charge is 0.387 e. The van der Waals surface area contributed by atoms with E-state index >= 15 is 0 Å². The topological polar surface area (TPSA) is 55.2 Å². The van der Waals surface area contributed by atoms with Crippen molar-refractivity contribution in [2.24, 2.45) is 17.3 Å². The molecule has 1 fully saturated rings. The van der Waals surface area contributed by atoms with Crippen LogP contribution in [0.25, 0.3) is 6.08 Å². The van der Waals surface area contributed by atoms with Gasteiger partial charge in [-0.05, 0) is 77.2 Å². The van der Waals surface area contributed by atoms with E-state index in [-0.39, 0.29) is 11.0 Å². The van der Waals surface area contributed by atoms with Gasteiger partial charge in [0.1, 0.15) is 0 Å². The van der Waals surface area contributed by atoms with Crippen LogP contribution >= 0.6 is 0 Å². The zero-order chi connectivity index (χ0) is 29.4. The van der Waals surface area contributed by atoms with E-state index in [1.165, 1.54) is 44.1 Å². The molecule has 0 spiro atoms. The number of aliphatic hydroxyl groups is 1. The molecule has 0 radical (unpaired) electrons. The monoisotopic (exact) mass is 532 g/mol. The molecule has 1 N–H and O–H groups in total. The average Bonchev–Trinajstić information content (AvgIpc) is 3.62. The van der Waals surface area contributed by atoms with Crippen LogP contribution in [0, 0.1) is 24.2 Å². The molecule has 1 heterocycles. The van der Waals surface area contributed by atoms with Crippen LogP contribution in [0.3, 0.4) is 0 Å². The molecule has 222 valence electrons. The van der Waals surface area contributed by atoms with Crippen molar-refractivity contribution in [3.8, 4) is 0 Å². The molecule has 1 aromatic rings. The SMILES string of the molecule is CC1CC1.CCCC.CCCC(CCCCC(O)c1cnc(/C=C(\C)C(C)(C)C)c(C)n1)COC(C)(C)C. The van der Waals surface area contributed by atoms with Crippen molar-refractivity contribution < 1.29 is 9.84 Å². The number of hydrogen-bond acceptors (Lipinski definition) is 4. The van der Waals surface area contributed by atoms with Crippen LogP contribution in [0.4, 0.5) is 0 Å². The van der Waals surface area contributed by atoms with Gasteiger partial charge in [0.05, 0.1) is 41.6 Å². The molecule has 0 aliphatic heterocycles. The Morgan fingerprint density at radius 3 is 1.97 bits per heavy atom. The smallest absolute Gasteiger partial charge is 0.0975 e. The van der Waals surface area contributed by atoms with Crippen LogP contribution < -0.4 is 0 Å². The highest BCUT2D eigenvalue weighted by Crippen LogP contribution is 2.28. The molecule has 0 amide bonds. The maximum Gasteiger partial charge on any atom is 0.0975 e. The molecular formula is C34H64N2O2. The summed E-state index contributed by atoms with van der Waals surface area (Å²) in [7, 11) is 0. The third kappa shape index (κ3) is 18.9. The summed E-state index contributed by atoms with van der Waals surface area (Å²) in [5, 5.41) is 10.6. The molecule has 1 saturated carbocycles. The number of hydrogen-bond donors (Lipinski definition) is 1. The third-order valence-electron chi connectivity index (χ3n) is 7.04. The number of aromatic nitrogens is 2. The summed E-state index contributed by atoms with van der Waals surface area (Å²) in [4.78, 5) is 9.20. The highest BCUT2D eigenvalue weighted by molar-refractivity contribution is 5.51. The maximum atomic E-state index is 10.6. The lowest BCUT2D eigenvalue weighted by Gasteiger charge is -2.24. The minimum Gasteiger partial charge on any atom is -0.387 e. The van der Waals surface area contributed by atoms with Gasteiger partial charge < -0.3 is 9.84 Å². The van der Waals surface area contributed by atoms with Gasteiger partial charge in [-0.25, -0.2) is 0 Å². The second-order valence-electron chi connectivity index (χ2n) is 13.4. The number of allylic oxidation sites excluding steroid dienone is 1. The Kier molecular flexibility index (Phi) is 18.3. The molecule has 4 nitrogen and oxygen atoms in total. The van der Waals surface area contributed by atoms with E-state index in [0.29, 0.717) is 11.6 Å². The Hall–Kier alpha value is -1.26. The lowest BCUT2D eigenvalue weighted by molar-refractivity contribution is -0.0253. The molecule has 2 atom stereocenters. The Morgan fingerprint density at radius 1 is 1.00 bits per heavy atom. The fraction of sp³-hybridized carbons (Fsp3) is 0.824. The van der Waals surface area contributed by atoms with Gasteiger partial charge in [0, 0.05) is 0 Å². The van der Waals surface area contributed by atoms with Gasteiger partial charge in [-0.2, -0.15) is 0 Å². The van der Waals surface area contributed by atoms with Crippen molar-refractivity contribution in [3.05, 3.63) is 28.9 Å². The minimum atomic E-state index is -0.548. The first-order valence-electron chi connectivity index (χ1n) is 15.5. The normalized spacial score (nSPS) is 15.7. The fourth-order valence-electron chi connectivity index (χ4n) is 3.41. The number of aryl methyl sites for hydroxylation is 1. The number of aliphatic hydroxyl groups excluding tert-OH is 1. The highest BCUT2D eigenvalue weighted by atomic mass is 16.5. The quantitative estimate of drug-likeness (QED) is 0.272. The maximum absolute atomic E-state index is 10.6. The van der Waals surface area contributed by atoms with E-state index in [1.54, 1.807) is 6.20 Å². The second kappa shape index (κ2) is 18.9. The number of rotatable bonds is 12. The summed E-state index contributed by atoms with van der Waals surface area (Å²) in [6, 6.07) is 0. The number of unbranched alkanes of at least 4 members (excludes halogenated alkanes) is 2. The Morgan fingerprint density at radius 2 is 1.55 bits per heavy atom. The van der Waals surface area contributed by atoms with Crippen LogP contribution in [-0.4, -0.2) is 27.3 Å². The molecule has 2 rings (SSSR count). The van der Waals surface area contributed by atoms with Crippen LogP contribution in [0.15, 0.2) is 11.8 Å². The van der Waals surface area contributed by atoms with Crippen molar-refractivity contribution in [1.29, 1.82) is 0 Å². The number of nitrogens with zero attached hydrogens (tertiary/aromatic N) is 2. The van der Waals surface area contributed by atoms with Crippen molar-refractivity contribution in [3.63, 3.8) is 0 Å². The number of ether oxygens (including phenoxy) is 1. The zero-order valence-electron chi connectivity index (χ0n) is 27.4. The van der Waals surface area contributed by atoms with Gasteiger partial charge in [0.2, 0.25) is 0 Å². The summed E-state index contributed by atoms with van der Waals surface area (Å²) >= 11 is 0. The van der Waals surface area contributed by atoms with Crippen molar-refractivity contribution in [1.82, 2.24) is 9.97 Å². The predicted octanol–water partition coefficient (Wildman–Crippen LogP) is 10.3. The molecule has 1 aliphatic carbocycles. The van der Waals surface area contributed by atoms with Crippen molar-refractivity contribution >= 4 is 6.08 Å². The molecule has 0 bridgehead atoms. The van der Waals surface area contributed by atoms with Gasteiger partial charge >= 0.3 is 0 Å². The van der Waals surface area contributed by atoms with Gasteiger partial charge in [-0.3, -0.25) is 9.97 Å². The van der Waals surface area contributed by atoms with Crippen molar-refractivity contribution in [2.45, 2.75) is 159 Å². The molecule has 1 aromatic heterocycles. The molecule has 0 aromatic carbocycles. The van der Waals surface area contributed by atoms with Crippen LogP contribution in [0.1, 0.15) is 164 Å². The summed E-state index contributed by atoms with van der Waals surface area (Å²) in [5.41, 5.74) is 3.74. The van der Waals surface area contributed by atoms with E-state index < -0.39 is 6.10 Å². The van der Waals surface area contributed by atoms with E-state index in [2.05, 4.69) is 92.2 Å². The minimum absolute atomic E-state index is 0.0779.